The van der Waals surface area contributed by atoms with Crippen LogP contribution in [0, 0.1) is 5.92 Å². The quantitative estimate of drug-likeness (QED) is 0.849. The fourth-order valence-electron chi connectivity index (χ4n) is 4.27. The standard InChI is InChI=1S/C22H28N2/c1-2-6-19(7-3-1)17-23-12-14-24(15-13-23)18-20-10-11-21-8-4-5-9-22(21)16-20/h1-9,20H,10-18H2. The van der Waals surface area contributed by atoms with Crippen LogP contribution in [0.5, 0.6) is 0 Å². The molecule has 4 rings (SSSR count). The van der Waals surface area contributed by atoms with Crippen LogP contribution in [0.1, 0.15) is 23.1 Å². The maximum atomic E-state index is 2.69. The first-order valence-corrected chi connectivity index (χ1v) is 9.42. The lowest BCUT2D eigenvalue weighted by Crippen LogP contribution is -2.47. The van der Waals surface area contributed by atoms with Crippen LogP contribution in [-0.4, -0.2) is 42.5 Å². The molecule has 1 fully saturated rings. The second-order valence-corrected chi connectivity index (χ2v) is 7.44. The Hall–Kier alpha value is -1.64. The lowest BCUT2D eigenvalue weighted by Gasteiger charge is -2.37. The van der Waals surface area contributed by atoms with Crippen molar-refractivity contribution < 1.29 is 0 Å². The molecule has 24 heavy (non-hydrogen) atoms. The summed E-state index contributed by atoms with van der Waals surface area (Å²) in [5.74, 6) is 0.848. The van der Waals surface area contributed by atoms with Gasteiger partial charge in [-0.05, 0) is 41.9 Å². The van der Waals surface area contributed by atoms with Gasteiger partial charge in [0, 0.05) is 39.3 Å². The van der Waals surface area contributed by atoms with Crippen LogP contribution in [0.3, 0.4) is 0 Å². The van der Waals surface area contributed by atoms with Gasteiger partial charge in [-0.2, -0.15) is 0 Å². The van der Waals surface area contributed by atoms with Crippen molar-refractivity contribution >= 4 is 0 Å². The number of aryl methyl sites for hydroxylation is 1. The normalized spacial score (nSPS) is 22.2. The average Bonchev–Trinajstić information content (AvgIpc) is 2.64. The summed E-state index contributed by atoms with van der Waals surface area (Å²) in [4.78, 5) is 5.29. The third kappa shape index (κ3) is 3.88. The van der Waals surface area contributed by atoms with Crippen molar-refractivity contribution in [1.82, 2.24) is 9.80 Å². The fraction of sp³-hybridized carbons (Fsp3) is 0.455. The van der Waals surface area contributed by atoms with Gasteiger partial charge < -0.3 is 4.90 Å². The van der Waals surface area contributed by atoms with E-state index < -0.39 is 0 Å². The molecule has 0 saturated carbocycles. The predicted molar refractivity (Wildman–Crippen MR) is 100 cm³/mol. The van der Waals surface area contributed by atoms with Crippen LogP contribution < -0.4 is 0 Å². The smallest absolute Gasteiger partial charge is 0.0234 e. The topological polar surface area (TPSA) is 6.48 Å². The molecule has 2 aromatic rings. The molecule has 2 aromatic carbocycles. The summed E-state index contributed by atoms with van der Waals surface area (Å²) in [5, 5.41) is 0. The van der Waals surface area contributed by atoms with Gasteiger partial charge in [0.05, 0.1) is 0 Å². The maximum Gasteiger partial charge on any atom is 0.0234 e. The number of hydrogen-bond donors (Lipinski definition) is 0. The van der Waals surface area contributed by atoms with Crippen LogP contribution in [0.4, 0.5) is 0 Å². The summed E-state index contributed by atoms with van der Waals surface area (Å²) < 4.78 is 0. The monoisotopic (exact) mass is 320 g/mol. The van der Waals surface area contributed by atoms with Gasteiger partial charge in [-0.1, -0.05) is 54.6 Å². The minimum absolute atomic E-state index is 0.848. The lowest BCUT2D eigenvalue weighted by molar-refractivity contribution is 0.110. The molecule has 0 amide bonds. The molecule has 1 atom stereocenters. The van der Waals surface area contributed by atoms with Crippen molar-refractivity contribution in [3.8, 4) is 0 Å². The van der Waals surface area contributed by atoms with Gasteiger partial charge in [-0.3, -0.25) is 4.90 Å². The molecule has 2 nitrogen and oxygen atoms in total. The Kier molecular flexibility index (Phi) is 4.96. The van der Waals surface area contributed by atoms with Crippen LogP contribution in [0.15, 0.2) is 54.6 Å². The zero-order valence-electron chi connectivity index (χ0n) is 14.5. The Morgan fingerprint density at radius 3 is 2.21 bits per heavy atom. The van der Waals surface area contributed by atoms with E-state index in [0.29, 0.717) is 0 Å². The van der Waals surface area contributed by atoms with Crippen molar-refractivity contribution in [2.24, 2.45) is 5.92 Å². The maximum absolute atomic E-state index is 2.69. The first-order valence-electron chi connectivity index (χ1n) is 9.42. The van der Waals surface area contributed by atoms with Gasteiger partial charge in [0.1, 0.15) is 0 Å². The highest BCUT2D eigenvalue weighted by atomic mass is 15.3. The molecule has 1 aliphatic heterocycles. The fourth-order valence-corrected chi connectivity index (χ4v) is 4.27. The SMILES string of the molecule is c1ccc(CN2CCN(CC3CCc4ccccc4C3)CC2)cc1. The summed E-state index contributed by atoms with van der Waals surface area (Å²) in [6.07, 6.45) is 3.91. The van der Waals surface area contributed by atoms with Crippen molar-refractivity contribution in [3.63, 3.8) is 0 Å². The molecule has 2 heteroatoms. The minimum Gasteiger partial charge on any atom is -0.301 e. The number of fused-ring (bicyclic) bond motifs is 1. The van der Waals surface area contributed by atoms with Gasteiger partial charge in [-0.15, -0.1) is 0 Å². The van der Waals surface area contributed by atoms with Crippen molar-refractivity contribution in [1.29, 1.82) is 0 Å². The predicted octanol–water partition coefficient (Wildman–Crippen LogP) is 3.61. The van der Waals surface area contributed by atoms with E-state index in [1.165, 1.54) is 57.5 Å². The molecule has 1 saturated heterocycles. The van der Waals surface area contributed by atoms with Crippen molar-refractivity contribution in [2.75, 3.05) is 32.7 Å². The van der Waals surface area contributed by atoms with E-state index >= 15 is 0 Å². The van der Waals surface area contributed by atoms with Gasteiger partial charge in [0.2, 0.25) is 0 Å². The van der Waals surface area contributed by atoms with E-state index in [4.69, 9.17) is 0 Å². The number of piperazine rings is 1. The molecule has 1 aliphatic carbocycles. The Morgan fingerprint density at radius 2 is 1.42 bits per heavy atom. The van der Waals surface area contributed by atoms with Crippen LogP contribution >= 0.6 is 0 Å². The molecule has 0 aromatic heterocycles. The second kappa shape index (κ2) is 7.50. The van der Waals surface area contributed by atoms with Crippen molar-refractivity contribution in [3.05, 3.63) is 71.3 Å². The highest BCUT2D eigenvalue weighted by Gasteiger charge is 2.23. The van der Waals surface area contributed by atoms with E-state index in [2.05, 4.69) is 64.4 Å². The van der Waals surface area contributed by atoms with E-state index in [9.17, 15) is 0 Å². The number of rotatable bonds is 4. The van der Waals surface area contributed by atoms with Crippen LogP contribution in [0.2, 0.25) is 0 Å². The molecular weight excluding hydrogens is 292 g/mol. The molecular formula is C22H28N2. The summed E-state index contributed by atoms with van der Waals surface area (Å²) in [5.41, 5.74) is 4.62. The largest absolute Gasteiger partial charge is 0.301 e. The molecule has 0 radical (unpaired) electrons. The summed E-state index contributed by atoms with van der Waals surface area (Å²) in [6, 6.07) is 19.9. The Balaban J connectivity index is 1.25. The second-order valence-electron chi connectivity index (χ2n) is 7.44. The van der Waals surface area contributed by atoms with Crippen LogP contribution in [0.25, 0.3) is 0 Å². The molecule has 0 bridgehead atoms. The van der Waals surface area contributed by atoms with Gasteiger partial charge >= 0.3 is 0 Å². The molecule has 0 spiro atoms. The van der Waals surface area contributed by atoms with E-state index in [-0.39, 0.29) is 0 Å². The highest BCUT2D eigenvalue weighted by molar-refractivity contribution is 5.29. The molecule has 2 aliphatic rings. The zero-order chi connectivity index (χ0) is 16.2. The van der Waals surface area contributed by atoms with Gasteiger partial charge in [0.25, 0.3) is 0 Å². The Bertz CT molecular complexity index is 644. The Morgan fingerprint density at radius 1 is 0.750 bits per heavy atom. The number of nitrogens with zero attached hydrogens (tertiary/aromatic N) is 2. The molecule has 1 heterocycles. The number of hydrogen-bond acceptors (Lipinski definition) is 2. The van der Waals surface area contributed by atoms with Crippen LogP contribution in [-0.2, 0) is 19.4 Å². The molecule has 0 N–H and O–H groups in total. The first kappa shape index (κ1) is 15.9. The molecule has 1 unspecified atom stereocenters. The van der Waals surface area contributed by atoms with E-state index in [1.54, 1.807) is 11.1 Å². The van der Waals surface area contributed by atoms with E-state index in [1.807, 2.05) is 0 Å². The minimum atomic E-state index is 0.848. The summed E-state index contributed by atoms with van der Waals surface area (Å²) >= 11 is 0. The van der Waals surface area contributed by atoms with Crippen molar-refractivity contribution in [2.45, 2.75) is 25.8 Å². The average molecular weight is 320 g/mol. The Labute approximate surface area is 146 Å². The van der Waals surface area contributed by atoms with E-state index in [0.717, 1.165) is 12.5 Å². The number of benzene rings is 2. The lowest BCUT2D eigenvalue weighted by atomic mass is 9.83. The third-order valence-corrected chi connectivity index (χ3v) is 5.68. The van der Waals surface area contributed by atoms with Gasteiger partial charge in [0.15, 0.2) is 0 Å². The van der Waals surface area contributed by atoms with Gasteiger partial charge in [-0.25, -0.2) is 0 Å². The first-order chi connectivity index (χ1) is 11.9. The third-order valence-electron chi connectivity index (χ3n) is 5.68. The summed E-state index contributed by atoms with van der Waals surface area (Å²) in [7, 11) is 0. The molecule has 126 valence electrons. The summed E-state index contributed by atoms with van der Waals surface area (Å²) in [6.45, 7) is 7.26. The highest BCUT2D eigenvalue weighted by Crippen LogP contribution is 2.26. The zero-order valence-corrected chi connectivity index (χ0v) is 14.5.